The van der Waals surface area contributed by atoms with Crippen molar-refractivity contribution in [3.05, 3.63) is 41.7 Å². The number of esters is 1. The van der Waals surface area contributed by atoms with Crippen LogP contribution in [0.2, 0.25) is 0 Å². The Bertz CT molecular complexity index is 1050. The van der Waals surface area contributed by atoms with Crippen LogP contribution in [0.5, 0.6) is 0 Å². The van der Waals surface area contributed by atoms with Gasteiger partial charge in [-0.05, 0) is 45.5 Å². The molecule has 0 aliphatic carbocycles. The first-order valence-corrected chi connectivity index (χ1v) is 12.4. The monoisotopic (exact) mass is 468 g/mol. The van der Waals surface area contributed by atoms with Gasteiger partial charge in [0.25, 0.3) is 0 Å². The van der Waals surface area contributed by atoms with Crippen molar-refractivity contribution in [3.63, 3.8) is 0 Å². The van der Waals surface area contributed by atoms with Gasteiger partial charge in [-0.2, -0.15) is 0 Å². The van der Waals surface area contributed by atoms with Gasteiger partial charge in [-0.1, -0.05) is 45.9 Å². The van der Waals surface area contributed by atoms with Crippen LogP contribution in [0.25, 0.3) is 16.5 Å². The fourth-order valence-corrected chi connectivity index (χ4v) is 4.75. The molecule has 0 spiro atoms. The van der Waals surface area contributed by atoms with E-state index in [4.69, 9.17) is 4.74 Å². The number of ether oxygens (including phenoxy) is 1. The number of hydrogen-bond acceptors (Lipinski definition) is 4. The van der Waals surface area contributed by atoms with Crippen LogP contribution in [-0.4, -0.2) is 77.1 Å². The van der Waals surface area contributed by atoms with Crippen LogP contribution in [0, 0.1) is 0 Å². The predicted octanol–water partition coefficient (Wildman–Crippen LogP) is 4.84. The number of amides is 2. The van der Waals surface area contributed by atoms with Gasteiger partial charge in [0.05, 0.1) is 17.4 Å². The van der Waals surface area contributed by atoms with Crippen LogP contribution >= 0.6 is 0 Å². The summed E-state index contributed by atoms with van der Waals surface area (Å²) in [4.78, 5) is 36.3. The maximum absolute atomic E-state index is 13.7. The molecule has 0 unspecified atom stereocenters. The third-order valence-corrected chi connectivity index (χ3v) is 6.54. The molecule has 0 atom stereocenters. The van der Waals surface area contributed by atoms with Gasteiger partial charge in [0, 0.05) is 48.7 Å². The molecule has 1 aromatic heterocycles. The molecule has 186 valence electrons. The summed E-state index contributed by atoms with van der Waals surface area (Å²) in [6.07, 6.45) is 1.43. The summed E-state index contributed by atoms with van der Waals surface area (Å²) < 4.78 is 5.60. The Hall–Kier alpha value is -2.80. The summed E-state index contributed by atoms with van der Waals surface area (Å²) in [5, 5.41) is 1.06. The average Bonchev–Trinajstić information content (AvgIpc) is 3.13. The number of hydrogen-bond donors (Lipinski definition) is 1. The zero-order valence-electron chi connectivity index (χ0n) is 21.8. The normalized spacial score (nSPS) is 15.3. The van der Waals surface area contributed by atoms with Gasteiger partial charge in [0.15, 0.2) is 0 Å². The molecule has 7 nitrogen and oxygen atoms in total. The lowest BCUT2D eigenvalue weighted by molar-refractivity contribution is -0.140. The van der Waals surface area contributed by atoms with E-state index in [1.807, 2.05) is 43.9 Å². The Labute approximate surface area is 203 Å². The molecule has 1 aromatic carbocycles. The van der Waals surface area contributed by atoms with Gasteiger partial charge >= 0.3 is 12.0 Å². The molecule has 0 radical (unpaired) electrons. The lowest BCUT2D eigenvalue weighted by atomic mass is 9.82. The highest BCUT2D eigenvalue weighted by atomic mass is 16.5. The second-order valence-electron chi connectivity index (χ2n) is 9.82. The van der Waals surface area contributed by atoms with Crippen LogP contribution in [-0.2, 0) is 14.9 Å². The summed E-state index contributed by atoms with van der Waals surface area (Å²) in [5.74, 6) is -0.426. The number of para-hydroxylation sites is 1. The third-order valence-electron chi connectivity index (χ3n) is 6.54. The van der Waals surface area contributed by atoms with E-state index in [2.05, 4.69) is 43.6 Å². The number of urea groups is 1. The molecule has 0 saturated carbocycles. The zero-order chi connectivity index (χ0) is 25.0. The van der Waals surface area contributed by atoms with Crippen molar-refractivity contribution in [1.82, 2.24) is 19.7 Å². The topological polar surface area (TPSA) is 68.9 Å². The molecule has 34 heavy (non-hydrogen) atoms. The largest absolute Gasteiger partial charge is 0.459 e. The maximum Gasteiger partial charge on any atom is 0.342 e. The molecule has 0 bridgehead atoms. The van der Waals surface area contributed by atoms with Crippen molar-refractivity contribution in [2.75, 3.05) is 39.3 Å². The third kappa shape index (κ3) is 5.30. The summed E-state index contributed by atoms with van der Waals surface area (Å²) in [5.41, 5.74) is 2.74. The van der Waals surface area contributed by atoms with Gasteiger partial charge in [-0.25, -0.2) is 9.59 Å². The van der Waals surface area contributed by atoms with Crippen LogP contribution in [0.4, 0.5) is 4.79 Å². The van der Waals surface area contributed by atoms with Crippen molar-refractivity contribution in [3.8, 4) is 0 Å². The molecule has 0 fully saturated rings. The first kappa shape index (κ1) is 25.8. The summed E-state index contributed by atoms with van der Waals surface area (Å²) in [7, 11) is 0. The Morgan fingerprint density at radius 2 is 1.76 bits per heavy atom. The van der Waals surface area contributed by atoms with E-state index in [1.165, 1.54) is 0 Å². The lowest BCUT2D eigenvalue weighted by Gasteiger charge is -2.34. The average molecular weight is 469 g/mol. The number of rotatable bonds is 8. The van der Waals surface area contributed by atoms with Gasteiger partial charge < -0.3 is 19.5 Å². The lowest BCUT2D eigenvalue weighted by Crippen LogP contribution is -2.47. The number of nitrogens with zero attached hydrogens (tertiary/aromatic N) is 3. The van der Waals surface area contributed by atoms with Crippen molar-refractivity contribution in [2.24, 2.45) is 0 Å². The second kappa shape index (κ2) is 10.6. The van der Waals surface area contributed by atoms with E-state index >= 15 is 0 Å². The van der Waals surface area contributed by atoms with Gasteiger partial charge in [0.1, 0.15) is 0 Å². The fourth-order valence-electron chi connectivity index (χ4n) is 4.75. The molecule has 1 aliphatic heterocycles. The number of carbonyl (C=O) groups is 2. The number of aromatic amines is 1. The molecule has 0 saturated heterocycles. The van der Waals surface area contributed by atoms with Gasteiger partial charge in [-0.15, -0.1) is 0 Å². The number of nitrogens with one attached hydrogen (secondary N) is 1. The van der Waals surface area contributed by atoms with E-state index in [0.29, 0.717) is 25.2 Å². The van der Waals surface area contributed by atoms with Gasteiger partial charge in [0.2, 0.25) is 0 Å². The summed E-state index contributed by atoms with van der Waals surface area (Å²) in [6.45, 7) is 18.6. The first-order valence-electron chi connectivity index (χ1n) is 12.4. The van der Waals surface area contributed by atoms with E-state index in [1.54, 1.807) is 11.1 Å². The number of aromatic nitrogens is 1. The van der Waals surface area contributed by atoms with Crippen LogP contribution in [0.1, 0.15) is 59.7 Å². The quantitative estimate of drug-likeness (QED) is 0.563. The molecule has 2 amide bonds. The Morgan fingerprint density at radius 1 is 1.09 bits per heavy atom. The zero-order valence-corrected chi connectivity index (χ0v) is 21.8. The molecule has 3 rings (SSSR count). The predicted molar refractivity (Wildman–Crippen MR) is 138 cm³/mol. The fraction of sp³-hybridized carbons (Fsp3) is 0.556. The van der Waals surface area contributed by atoms with Crippen LogP contribution in [0.3, 0.4) is 0 Å². The summed E-state index contributed by atoms with van der Waals surface area (Å²) in [6, 6.07) is 7.97. The number of H-pyrrole nitrogens is 1. The van der Waals surface area contributed by atoms with Gasteiger partial charge in [-0.3, -0.25) is 4.90 Å². The highest BCUT2D eigenvalue weighted by Crippen LogP contribution is 2.40. The first-order chi connectivity index (χ1) is 16.1. The van der Waals surface area contributed by atoms with Crippen molar-refractivity contribution in [2.45, 2.75) is 60.0 Å². The smallest absolute Gasteiger partial charge is 0.342 e. The molecule has 1 N–H and O–H groups in total. The van der Waals surface area contributed by atoms with Crippen molar-refractivity contribution < 1.29 is 14.3 Å². The number of benzene rings is 1. The Balaban J connectivity index is 2.05. The number of fused-ring (bicyclic) bond motifs is 3. The molecule has 7 heteroatoms. The number of carbonyl (C=O) groups excluding carboxylic acids is 2. The minimum atomic E-state index is -0.426. The second-order valence-corrected chi connectivity index (χ2v) is 9.82. The Kier molecular flexibility index (Phi) is 8.08. The van der Waals surface area contributed by atoms with Crippen molar-refractivity contribution >= 4 is 28.5 Å². The Morgan fingerprint density at radius 3 is 2.38 bits per heavy atom. The maximum atomic E-state index is 13.7. The minimum absolute atomic E-state index is 0.0907. The highest BCUT2D eigenvalue weighted by molar-refractivity contribution is 6.18. The van der Waals surface area contributed by atoms with Crippen molar-refractivity contribution in [1.29, 1.82) is 0 Å². The molecular formula is C27H40N4O3. The van der Waals surface area contributed by atoms with E-state index < -0.39 is 5.97 Å². The highest BCUT2D eigenvalue weighted by Gasteiger charge is 2.38. The minimum Gasteiger partial charge on any atom is -0.459 e. The molecule has 1 aliphatic rings. The summed E-state index contributed by atoms with van der Waals surface area (Å²) >= 11 is 0. The number of likely N-dealkylation sites (N-methyl/N-ethyl adjacent to an activating group) is 2. The SMILES string of the molecule is CCN(CC)CCN(CC)C(=O)N1C=C(C(=O)OC(C)C)c2[nH]c3ccccc3c2C(C)(C)C1. The van der Waals surface area contributed by atoms with E-state index in [-0.39, 0.29) is 17.6 Å². The molecule has 2 heterocycles. The molecule has 2 aromatic rings. The van der Waals surface area contributed by atoms with E-state index in [0.717, 1.165) is 41.8 Å². The van der Waals surface area contributed by atoms with E-state index in [9.17, 15) is 9.59 Å². The molecular weight excluding hydrogens is 428 g/mol. The van der Waals surface area contributed by atoms with Crippen LogP contribution < -0.4 is 0 Å². The standard InChI is InChI=1S/C27H40N4O3/c1-8-29(9-2)15-16-30(10-3)26(33)31-17-21(25(32)34-19(4)5)24-23(27(6,7)18-31)20-13-11-12-14-22(20)28-24/h11-14,17,19,28H,8-10,15-16,18H2,1-7H3. The van der Waals surface area contributed by atoms with Crippen LogP contribution in [0.15, 0.2) is 30.5 Å².